The number of carbonyl (C=O) groups is 2. The fraction of sp³-hybridized carbons (Fsp3) is 0.833. The van der Waals surface area contributed by atoms with Crippen molar-refractivity contribution >= 4 is 11.8 Å². The van der Waals surface area contributed by atoms with Crippen molar-refractivity contribution in [1.82, 2.24) is 10.2 Å². The first kappa shape index (κ1) is 14.0. The summed E-state index contributed by atoms with van der Waals surface area (Å²) in [5.74, 6) is 0.287. The Balaban J connectivity index is 2.83. The number of hydrogen-bond acceptors (Lipinski definition) is 3. The van der Waals surface area contributed by atoms with Crippen LogP contribution in [0.3, 0.4) is 0 Å². The Labute approximate surface area is 102 Å². The van der Waals surface area contributed by atoms with Crippen molar-refractivity contribution in [2.45, 2.75) is 39.3 Å². The van der Waals surface area contributed by atoms with Gasteiger partial charge in [-0.15, -0.1) is 0 Å². The van der Waals surface area contributed by atoms with Gasteiger partial charge >= 0.3 is 0 Å². The average molecular weight is 242 g/mol. The second kappa shape index (κ2) is 6.00. The zero-order chi connectivity index (χ0) is 13.0. The van der Waals surface area contributed by atoms with Gasteiger partial charge in [-0.25, -0.2) is 0 Å². The van der Waals surface area contributed by atoms with E-state index in [1.54, 1.807) is 12.0 Å². The molecule has 98 valence electrons. The van der Waals surface area contributed by atoms with E-state index < -0.39 is 0 Å². The van der Waals surface area contributed by atoms with Gasteiger partial charge in [0.15, 0.2) is 0 Å². The van der Waals surface area contributed by atoms with Crippen LogP contribution in [0.2, 0.25) is 0 Å². The SMILES string of the molecule is COCC(C)N1C(=O)CNC(=O)C1CC(C)C. The zero-order valence-corrected chi connectivity index (χ0v) is 11.0. The first-order valence-electron chi connectivity index (χ1n) is 6.05. The maximum Gasteiger partial charge on any atom is 0.243 e. The van der Waals surface area contributed by atoms with E-state index in [1.807, 2.05) is 20.8 Å². The van der Waals surface area contributed by atoms with Crippen LogP contribution in [0.4, 0.5) is 0 Å². The zero-order valence-electron chi connectivity index (χ0n) is 11.0. The lowest BCUT2D eigenvalue weighted by Crippen LogP contribution is -2.61. The molecule has 1 aliphatic rings. The van der Waals surface area contributed by atoms with Crippen LogP contribution >= 0.6 is 0 Å². The van der Waals surface area contributed by atoms with Crippen LogP contribution in [0.1, 0.15) is 27.2 Å². The molecule has 2 unspecified atom stereocenters. The molecule has 0 aromatic heterocycles. The second-order valence-corrected chi connectivity index (χ2v) is 4.97. The molecule has 5 heteroatoms. The Morgan fingerprint density at radius 1 is 1.41 bits per heavy atom. The van der Waals surface area contributed by atoms with E-state index in [4.69, 9.17) is 4.74 Å². The predicted molar refractivity (Wildman–Crippen MR) is 64.4 cm³/mol. The topological polar surface area (TPSA) is 58.6 Å². The maximum atomic E-state index is 11.9. The summed E-state index contributed by atoms with van der Waals surface area (Å²) in [4.78, 5) is 25.4. The highest BCUT2D eigenvalue weighted by molar-refractivity contribution is 5.95. The monoisotopic (exact) mass is 242 g/mol. The number of piperazine rings is 1. The number of ether oxygens (including phenoxy) is 1. The summed E-state index contributed by atoms with van der Waals surface area (Å²) in [5.41, 5.74) is 0. The van der Waals surface area contributed by atoms with Crippen LogP contribution in [0.25, 0.3) is 0 Å². The molecule has 0 saturated carbocycles. The van der Waals surface area contributed by atoms with Crippen molar-refractivity contribution in [3.63, 3.8) is 0 Å². The molecule has 17 heavy (non-hydrogen) atoms. The van der Waals surface area contributed by atoms with Crippen molar-refractivity contribution in [1.29, 1.82) is 0 Å². The average Bonchev–Trinajstić information content (AvgIpc) is 2.23. The van der Waals surface area contributed by atoms with Gasteiger partial charge in [-0.1, -0.05) is 13.8 Å². The molecule has 1 heterocycles. The largest absolute Gasteiger partial charge is 0.383 e. The van der Waals surface area contributed by atoms with Crippen molar-refractivity contribution in [3.05, 3.63) is 0 Å². The molecule has 2 amide bonds. The minimum absolute atomic E-state index is 0.0280. The Morgan fingerprint density at radius 3 is 2.59 bits per heavy atom. The summed E-state index contributed by atoms with van der Waals surface area (Å²) in [5, 5.41) is 2.64. The minimum atomic E-state index is -0.360. The Morgan fingerprint density at radius 2 is 2.06 bits per heavy atom. The van der Waals surface area contributed by atoms with Crippen LogP contribution in [0.15, 0.2) is 0 Å². The molecule has 1 aliphatic heterocycles. The fourth-order valence-electron chi connectivity index (χ4n) is 2.21. The quantitative estimate of drug-likeness (QED) is 0.759. The van der Waals surface area contributed by atoms with Gasteiger partial charge < -0.3 is 15.0 Å². The summed E-state index contributed by atoms with van der Waals surface area (Å²) >= 11 is 0. The molecule has 1 fully saturated rings. The number of carbonyl (C=O) groups excluding carboxylic acids is 2. The highest BCUT2D eigenvalue weighted by Gasteiger charge is 2.37. The van der Waals surface area contributed by atoms with Gasteiger partial charge in [0.2, 0.25) is 11.8 Å². The standard InChI is InChI=1S/C12H22N2O3/c1-8(2)5-10-12(16)13-6-11(15)14(10)9(3)7-17-4/h8-10H,5-7H2,1-4H3,(H,13,16). The lowest BCUT2D eigenvalue weighted by atomic mass is 9.98. The Bertz CT molecular complexity index is 291. The first-order valence-corrected chi connectivity index (χ1v) is 6.05. The van der Waals surface area contributed by atoms with E-state index in [9.17, 15) is 9.59 Å². The molecule has 0 radical (unpaired) electrons. The third-order valence-corrected chi connectivity index (χ3v) is 2.92. The fourth-order valence-corrected chi connectivity index (χ4v) is 2.21. The van der Waals surface area contributed by atoms with Gasteiger partial charge in [-0.3, -0.25) is 9.59 Å². The number of amides is 2. The third kappa shape index (κ3) is 3.43. The lowest BCUT2D eigenvalue weighted by molar-refractivity contribution is -0.149. The van der Waals surface area contributed by atoms with E-state index >= 15 is 0 Å². The number of nitrogens with zero attached hydrogens (tertiary/aromatic N) is 1. The molecule has 0 aromatic rings. The lowest BCUT2D eigenvalue weighted by Gasteiger charge is -2.39. The van der Waals surface area contributed by atoms with Gasteiger partial charge in [0.25, 0.3) is 0 Å². The van der Waals surface area contributed by atoms with Gasteiger partial charge in [0.1, 0.15) is 6.04 Å². The highest BCUT2D eigenvalue weighted by atomic mass is 16.5. The van der Waals surface area contributed by atoms with E-state index in [1.165, 1.54) is 0 Å². The van der Waals surface area contributed by atoms with E-state index in [0.29, 0.717) is 18.9 Å². The van der Waals surface area contributed by atoms with E-state index in [2.05, 4.69) is 5.32 Å². The van der Waals surface area contributed by atoms with Crippen molar-refractivity contribution in [2.75, 3.05) is 20.3 Å². The van der Waals surface area contributed by atoms with Crippen LogP contribution in [0, 0.1) is 5.92 Å². The minimum Gasteiger partial charge on any atom is -0.383 e. The van der Waals surface area contributed by atoms with Gasteiger partial charge in [0, 0.05) is 7.11 Å². The van der Waals surface area contributed by atoms with E-state index in [0.717, 1.165) is 0 Å². The smallest absolute Gasteiger partial charge is 0.243 e. The van der Waals surface area contributed by atoms with Crippen LogP contribution < -0.4 is 5.32 Å². The summed E-state index contributed by atoms with van der Waals surface area (Å²) < 4.78 is 5.07. The molecule has 1 rings (SSSR count). The van der Waals surface area contributed by atoms with Crippen LogP contribution in [-0.4, -0.2) is 49.1 Å². The first-order chi connectivity index (χ1) is 7.97. The second-order valence-electron chi connectivity index (χ2n) is 4.97. The third-order valence-electron chi connectivity index (χ3n) is 2.92. The molecular weight excluding hydrogens is 220 g/mol. The summed E-state index contributed by atoms with van der Waals surface area (Å²) in [6.07, 6.45) is 0.686. The van der Waals surface area contributed by atoms with Gasteiger partial charge in [-0.05, 0) is 19.3 Å². The molecule has 2 atom stereocenters. The number of nitrogens with one attached hydrogen (secondary N) is 1. The predicted octanol–water partition coefficient (Wildman–Crippen LogP) is 0.394. The van der Waals surface area contributed by atoms with Crippen molar-refractivity contribution in [3.8, 4) is 0 Å². The van der Waals surface area contributed by atoms with Crippen molar-refractivity contribution in [2.24, 2.45) is 5.92 Å². The summed E-state index contributed by atoms with van der Waals surface area (Å²) in [7, 11) is 1.60. The highest BCUT2D eigenvalue weighted by Crippen LogP contribution is 2.18. The van der Waals surface area contributed by atoms with E-state index in [-0.39, 0.29) is 30.4 Å². The molecule has 5 nitrogen and oxygen atoms in total. The molecule has 0 spiro atoms. The molecular formula is C12H22N2O3. The molecule has 0 bridgehead atoms. The number of hydrogen-bond donors (Lipinski definition) is 1. The van der Waals surface area contributed by atoms with Crippen LogP contribution in [0.5, 0.6) is 0 Å². The maximum absolute atomic E-state index is 11.9. The Hall–Kier alpha value is -1.10. The molecule has 1 saturated heterocycles. The summed E-state index contributed by atoms with van der Waals surface area (Å²) in [6, 6.07) is -0.427. The number of methoxy groups -OCH3 is 1. The summed E-state index contributed by atoms with van der Waals surface area (Å²) in [6.45, 7) is 6.56. The van der Waals surface area contributed by atoms with Gasteiger partial charge in [0.05, 0.1) is 19.2 Å². The molecule has 0 aromatic carbocycles. The Kier molecular flexibility index (Phi) is 4.93. The van der Waals surface area contributed by atoms with Crippen molar-refractivity contribution < 1.29 is 14.3 Å². The van der Waals surface area contributed by atoms with Gasteiger partial charge in [-0.2, -0.15) is 0 Å². The number of rotatable bonds is 5. The molecule has 0 aliphatic carbocycles. The normalized spacial score (nSPS) is 22.9. The van der Waals surface area contributed by atoms with Crippen LogP contribution in [-0.2, 0) is 14.3 Å². The molecule has 1 N–H and O–H groups in total.